The lowest BCUT2D eigenvalue weighted by Gasteiger charge is -2.11. The van der Waals surface area contributed by atoms with Gasteiger partial charge in [0, 0.05) is 10.0 Å². The molecule has 0 saturated carbocycles. The fourth-order valence-corrected chi connectivity index (χ4v) is 2.69. The molecular weight excluding hydrogens is 452 g/mol. The van der Waals surface area contributed by atoms with Gasteiger partial charge in [0.1, 0.15) is 5.82 Å². The summed E-state index contributed by atoms with van der Waals surface area (Å²) in [6.45, 7) is 4.31. The van der Waals surface area contributed by atoms with Crippen molar-refractivity contribution in [3.8, 4) is 11.4 Å². The molecule has 2 aromatic rings. The molecule has 2 rings (SSSR count). The maximum Gasteiger partial charge on any atom is 0.161 e. The Bertz CT molecular complexity index is 647. The summed E-state index contributed by atoms with van der Waals surface area (Å²) in [6.07, 6.45) is 0.877. The third-order valence-electron chi connectivity index (χ3n) is 2.72. The smallest absolute Gasteiger partial charge is 0.161 e. The normalized spacial score (nSPS) is 11.1. The Balaban J connectivity index is 2.51. The van der Waals surface area contributed by atoms with Gasteiger partial charge in [-0.05, 0) is 69.1 Å². The second-order valence-corrected chi connectivity index (χ2v) is 7.26. The number of anilines is 1. The fraction of sp³-hybridized carbons (Fsp3) is 0.286. The molecule has 2 N–H and O–H groups in total. The first kappa shape index (κ1) is 16.0. The zero-order valence-electron chi connectivity index (χ0n) is 11.1. The predicted octanol–water partition coefficient (Wildman–Crippen LogP) is 4.94. The lowest BCUT2D eigenvalue weighted by molar-refractivity contribution is 0.632. The van der Waals surface area contributed by atoms with Gasteiger partial charge in [-0.2, -0.15) is 0 Å². The minimum Gasteiger partial charge on any atom is -0.383 e. The summed E-state index contributed by atoms with van der Waals surface area (Å²) in [5.41, 5.74) is 7.86. The van der Waals surface area contributed by atoms with Crippen molar-refractivity contribution in [1.82, 2.24) is 9.97 Å². The summed E-state index contributed by atoms with van der Waals surface area (Å²) in [6, 6.07) is 5.65. The second kappa shape index (κ2) is 6.58. The predicted molar refractivity (Wildman–Crippen MR) is 95.8 cm³/mol. The van der Waals surface area contributed by atoms with Crippen LogP contribution in [0.4, 0.5) is 5.82 Å². The number of nitrogens with two attached hydrogens (primary N) is 1. The van der Waals surface area contributed by atoms with Crippen LogP contribution in [-0.4, -0.2) is 9.97 Å². The monoisotopic (exact) mass is 465 g/mol. The van der Waals surface area contributed by atoms with Gasteiger partial charge >= 0.3 is 0 Å². The first-order valence-electron chi connectivity index (χ1n) is 6.15. The zero-order chi connectivity index (χ0) is 14.9. The van der Waals surface area contributed by atoms with E-state index in [0.29, 0.717) is 22.6 Å². The fourth-order valence-electron chi connectivity index (χ4n) is 1.80. The molecule has 1 aromatic heterocycles. The van der Waals surface area contributed by atoms with Gasteiger partial charge in [0.05, 0.1) is 14.3 Å². The number of rotatable bonds is 3. The first-order chi connectivity index (χ1) is 9.38. The SMILES string of the molecule is CC(C)Cc1nc(-c2ccc(Br)c(Cl)c2)nc(N)c1I. The number of halogens is 3. The van der Waals surface area contributed by atoms with E-state index >= 15 is 0 Å². The Labute approximate surface area is 145 Å². The third-order valence-corrected chi connectivity index (χ3v) is 5.13. The van der Waals surface area contributed by atoms with E-state index in [-0.39, 0.29) is 0 Å². The average molecular weight is 467 g/mol. The minimum absolute atomic E-state index is 0.513. The van der Waals surface area contributed by atoms with Crippen LogP contribution >= 0.6 is 50.1 Å². The number of nitrogen functional groups attached to an aromatic ring is 1. The molecule has 0 spiro atoms. The molecule has 0 amide bonds. The van der Waals surface area contributed by atoms with Crippen LogP contribution in [0.3, 0.4) is 0 Å². The van der Waals surface area contributed by atoms with E-state index in [9.17, 15) is 0 Å². The Morgan fingerprint density at radius 1 is 1.35 bits per heavy atom. The summed E-state index contributed by atoms with van der Waals surface area (Å²) in [5.74, 6) is 1.65. The van der Waals surface area contributed by atoms with Crippen LogP contribution in [-0.2, 0) is 6.42 Å². The molecular formula is C14H14BrClIN3. The molecule has 0 aliphatic rings. The maximum atomic E-state index is 6.12. The lowest BCUT2D eigenvalue weighted by atomic mass is 10.1. The molecule has 0 atom stereocenters. The van der Waals surface area contributed by atoms with Gasteiger partial charge < -0.3 is 5.73 Å². The van der Waals surface area contributed by atoms with Crippen molar-refractivity contribution in [2.75, 3.05) is 5.73 Å². The van der Waals surface area contributed by atoms with Crippen LogP contribution < -0.4 is 5.73 Å². The minimum atomic E-state index is 0.513. The lowest BCUT2D eigenvalue weighted by Crippen LogP contribution is -2.07. The van der Waals surface area contributed by atoms with E-state index in [4.69, 9.17) is 17.3 Å². The van der Waals surface area contributed by atoms with E-state index in [1.54, 1.807) is 0 Å². The van der Waals surface area contributed by atoms with E-state index in [1.165, 1.54) is 0 Å². The van der Waals surface area contributed by atoms with Crippen molar-refractivity contribution in [2.45, 2.75) is 20.3 Å². The molecule has 1 aromatic carbocycles. The number of nitrogens with zero attached hydrogens (tertiary/aromatic N) is 2. The van der Waals surface area contributed by atoms with E-state index in [0.717, 1.165) is 25.7 Å². The molecule has 3 nitrogen and oxygen atoms in total. The summed E-state index contributed by atoms with van der Waals surface area (Å²) in [4.78, 5) is 9.01. The molecule has 0 fully saturated rings. The van der Waals surface area contributed by atoms with Crippen LogP contribution in [0.5, 0.6) is 0 Å². The quantitative estimate of drug-likeness (QED) is 0.652. The van der Waals surface area contributed by atoms with E-state index in [2.05, 4.69) is 62.3 Å². The number of hydrogen-bond donors (Lipinski definition) is 1. The molecule has 0 radical (unpaired) electrons. The van der Waals surface area contributed by atoms with Crippen LogP contribution in [0, 0.1) is 9.49 Å². The van der Waals surface area contributed by atoms with Crippen LogP contribution in [0.1, 0.15) is 19.5 Å². The van der Waals surface area contributed by atoms with Gasteiger partial charge in [-0.15, -0.1) is 0 Å². The van der Waals surface area contributed by atoms with Crippen molar-refractivity contribution < 1.29 is 0 Å². The molecule has 20 heavy (non-hydrogen) atoms. The Kier molecular flexibility index (Phi) is 5.25. The highest BCUT2D eigenvalue weighted by Gasteiger charge is 2.13. The van der Waals surface area contributed by atoms with Crippen molar-refractivity contribution in [2.24, 2.45) is 5.92 Å². The van der Waals surface area contributed by atoms with Crippen molar-refractivity contribution >= 4 is 55.9 Å². The Morgan fingerprint density at radius 2 is 2.05 bits per heavy atom. The Hall–Kier alpha value is -0.400. The zero-order valence-corrected chi connectivity index (χ0v) is 15.6. The number of aromatic nitrogens is 2. The molecule has 0 unspecified atom stereocenters. The second-order valence-electron chi connectivity index (χ2n) is 4.92. The van der Waals surface area contributed by atoms with Crippen LogP contribution in [0.25, 0.3) is 11.4 Å². The average Bonchev–Trinajstić information content (AvgIpc) is 2.37. The van der Waals surface area contributed by atoms with Crippen molar-refractivity contribution in [3.63, 3.8) is 0 Å². The molecule has 0 aliphatic carbocycles. The summed E-state index contributed by atoms with van der Waals surface area (Å²) in [5, 5.41) is 0.633. The molecule has 6 heteroatoms. The maximum absolute atomic E-state index is 6.12. The van der Waals surface area contributed by atoms with Gasteiger partial charge in [0.2, 0.25) is 0 Å². The molecule has 0 bridgehead atoms. The molecule has 1 heterocycles. The summed E-state index contributed by atoms with van der Waals surface area (Å²) >= 11 is 11.7. The van der Waals surface area contributed by atoms with Crippen LogP contribution in [0.15, 0.2) is 22.7 Å². The van der Waals surface area contributed by atoms with Gasteiger partial charge in [-0.3, -0.25) is 0 Å². The van der Waals surface area contributed by atoms with Gasteiger partial charge in [-0.1, -0.05) is 25.4 Å². The standard InChI is InChI=1S/C14H14BrClIN3/c1-7(2)5-11-12(17)13(18)20-14(19-11)8-3-4-9(15)10(16)6-8/h3-4,6-7H,5H2,1-2H3,(H2,18,19,20). The number of benzene rings is 1. The van der Waals surface area contributed by atoms with E-state index < -0.39 is 0 Å². The summed E-state index contributed by atoms with van der Waals surface area (Å²) < 4.78 is 1.78. The summed E-state index contributed by atoms with van der Waals surface area (Å²) in [7, 11) is 0. The number of hydrogen-bond acceptors (Lipinski definition) is 3. The van der Waals surface area contributed by atoms with Crippen molar-refractivity contribution in [1.29, 1.82) is 0 Å². The highest BCUT2D eigenvalue weighted by molar-refractivity contribution is 14.1. The van der Waals surface area contributed by atoms with Gasteiger partial charge in [0.15, 0.2) is 5.82 Å². The highest BCUT2D eigenvalue weighted by Crippen LogP contribution is 2.29. The topological polar surface area (TPSA) is 51.8 Å². The Morgan fingerprint density at radius 3 is 2.65 bits per heavy atom. The van der Waals surface area contributed by atoms with Crippen LogP contribution in [0.2, 0.25) is 5.02 Å². The largest absolute Gasteiger partial charge is 0.383 e. The van der Waals surface area contributed by atoms with Crippen molar-refractivity contribution in [3.05, 3.63) is 37.0 Å². The highest BCUT2D eigenvalue weighted by atomic mass is 127. The van der Waals surface area contributed by atoms with E-state index in [1.807, 2.05) is 18.2 Å². The third kappa shape index (κ3) is 3.62. The molecule has 0 saturated heterocycles. The molecule has 0 aliphatic heterocycles. The van der Waals surface area contributed by atoms with Gasteiger partial charge in [-0.25, -0.2) is 9.97 Å². The first-order valence-corrected chi connectivity index (χ1v) is 8.40. The molecule has 106 valence electrons. The van der Waals surface area contributed by atoms with Gasteiger partial charge in [0.25, 0.3) is 0 Å².